The van der Waals surface area contributed by atoms with Gasteiger partial charge in [-0.2, -0.15) is 0 Å². The van der Waals surface area contributed by atoms with Gasteiger partial charge in [-0.1, -0.05) is 36.8 Å². The highest BCUT2D eigenvalue weighted by Crippen LogP contribution is 2.29. The van der Waals surface area contributed by atoms with Gasteiger partial charge in [0.25, 0.3) is 0 Å². The molecule has 2 aromatic heterocycles. The van der Waals surface area contributed by atoms with Crippen molar-refractivity contribution in [3.05, 3.63) is 52.7 Å². The summed E-state index contributed by atoms with van der Waals surface area (Å²) in [5.41, 5.74) is 1.25. The molecule has 0 spiro atoms. The molecule has 3 heterocycles. The van der Waals surface area contributed by atoms with Crippen LogP contribution in [0.4, 0.5) is 5.82 Å². The van der Waals surface area contributed by atoms with Gasteiger partial charge < -0.3 is 10.2 Å². The molecule has 0 radical (unpaired) electrons. The number of rotatable bonds is 6. The number of hydrogen-bond donors (Lipinski definition) is 1. The molecule has 136 valence electrons. The molecular weight excluding hydrogens is 340 g/mol. The van der Waals surface area contributed by atoms with E-state index in [2.05, 4.69) is 47.5 Å². The fraction of sp³-hybridized carbons (Fsp3) is 0.429. The van der Waals surface area contributed by atoms with Crippen LogP contribution in [0.15, 0.2) is 36.4 Å². The van der Waals surface area contributed by atoms with E-state index in [-0.39, 0.29) is 0 Å². The van der Waals surface area contributed by atoms with Gasteiger partial charge in [-0.15, -0.1) is 11.3 Å². The van der Waals surface area contributed by atoms with E-state index in [1.165, 1.54) is 42.8 Å². The standard InChI is InChI=1S/C21H26N4S/c1-16-14-18-20(22-10-13-25-11-6-3-7-12-25)23-19(24-21(18)26-16)15-17-8-4-2-5-9-17/h2,4-5,8-9,14H,3,6-7,10-13,15H2,1H3,(H,22,23,24). The van der Waals surface area contributed by atoms with Crippen LogP contribution in [0.25, 0.3) is 10.2 Å². The number of anilines is 1. The van der Waals surface area contributed by atoms with Gasteiger partial charge in [0.1, 0.15) is 16.5 Å². The minimum absolute atomic E-state index is 0.772. The van der Waals surface area contributed by atoms with Gasteiger partial charge in [0, 0.05) is 24.4 Å². The number of nitrogens with zero attached hydrogens (tertiary/aromatic N) is 3. The number of fused-ring (bicyclic) bond motifs is 1. The van der Waals surface area contributed by atoms with Crippen LogP contribution in [0.1, 0.15) is 35.5 Å². The molecule has 1 N–H and O–H groups in total. The normalized spacial score (nSPS) is 15.4. The monoisotopic (exact) mass is 366 g/mol. The van der Waals surface area contributed by atoms with E-state index in [0.29, 0.717) is 0 Å². The Kier molecular flexibility index (Phi) is 5.46. The highest BCUT2D eigenvalue weighted by molar-refractivity contribution is 7.18. The molecule has 1 saturated heterocycles. The van der Waals surface area contributed by atoms with Gasteiger partial charge in [0.15, 0.2) is 0 Å². The summed E-state index contributed by atoms with van der Waals surface area (Å²) < 4.78 is 0. The second kappa shape index (κ2) is 8.14. The van der Waals surface area contributed by atoms with Crippen molar-refractivity contribution in [1.29, 1.82) is 0 Å². The summed E-state index contributed by atoms with van der Waals surface area (Å²) in [7, 11) is 0. The maximum absolute atomic E-state index is 4.86. The third kappa shape index (κ3) is 4.22. The minimum atomic E-state index is 0.772. The molecule has 1 aliphatic heterocycles. The summed E-state index contributed by atoms with van der Waals surface area (Å²) in [6.07, 6.45) is 4.83. The smallest absolute Gasteiger partial charge is 0.138 e. The predicted octanol–water partition coefficient (Wildman–Crippen LogP) is 4.49. The van der Waals surface area contributed by atoms with Gasteiger partial charge >= 0.3 is 0 Å². The molecule has 0 saturated carbocycles. The number of thiophene rings is 1. The molecule has 26 heavy (non-hydrogen) atoms. The van der Waals surface area contributed by atoms with Crippen LogP contribution in [0.5, 0.6) is 0 Å². The molecule has 1 fully saturated rings. The molecule has 0 bridgehead atoms. The molecule has 0 unspecified atom stereocenters. The second-order valence-corrected chi connectivity index (χ2v) is 8.29. The van der Waals surface area contributed by atoms with Crippen LogP contribution in [0, 0.1) is 6.92 Å². The average Bonchev–Trinajstić information content (AvgIpc) is 3.04. The maximum atomic E-state index is 4.86. The van der Waals surface area contributed by atoms with Gasteiger partial charge in [0.05, 0.1) is 5.39 Å². The third-order valence-corrected chi connectivity index (χ3v) is 5.88. The van der Waals surface area contributed by atoms with Gasteiger partial charge in [0.2, 0.25) is 0 Å². The van der Waals surface area contributed by atoms with Crippen molar-refractivity contribution in [2.24, 2.45) is 0 Å². The van der Waals surface area contributed by atoms with Crippen molar-refractivity contribution in [3.8, 4) is 0 Å². The molecule has 5 heteroatoms. The Morgan fingerprint density at radius 3 is 2.69 bits per heavy atom. The van der Waals surface area contributed by atoms with Crippen molar-refractivity contribution < 1.29 is 0 Å². The number of nitrogens with one attached hydrogen (secondary N) is 1. The number of likely N-dealkylation sites (tertiary alicyclic amines) is 1. The molecular formula is C21H26N4S. The first-order valence-corrected chi connectivity index (χ1v) is 10.4. The van der Waals surface area contributed by atoms with Gasteiger partial charge in [-0.25, -0.2) is 9.97 Å². The number of hydrogen-bond acceptors (Lipinski definition) is 5. The van der Waals surface area contributed by atoms with E-state index in [9.17, 15) is 0 Å². The molecule has 0 atom stereocenters. The topological polar surface area (TPSA) is 41.0 Å². The number of benzene rings is 1. The summed E-state index contributed by atoms with van der Waals surface area (Å²) in [5.74, 6) is 1.88. The maximum Gasteiger partial charge on any atom is 0.138 e. The number of piperidine rings is 1. The Balaban J connectivity index is 1.51. The molecule has 0 amide bonds. The Morgan fingerprint density at radius 2 is 1.88 bits per heavy atom. The summed E-state index contributed by atoms with van der Waals surface area (Å²) in [6.45, 7) is 6.63. The van der Waals surface area contributed by atoms with Crippen LogP contribution in [-0.2, 0) is 6.42 Å². The summed E-state index contributed by atoms with van der Waals surface area (Å²) in [5, 5.41) is 4.74. The van der Waals surface area contributed by atoms with E-state index in [4.69, 9.17) is 9.97 Å². The zero-order valence-corrected chi connectivity index (χ0v) is 16.2. The minimum Gasteiger partial charge on any atom is -0.368 e. The van der Waals surface area contributed by atoms with E-state index in [1.54, 1.807) is 11.3 Å². The van der Waals surface area contributed by atoms with E-state index in [0.717, 1.165) is 41.4 Å². The van der Waals surface area contributed by atoms with E-state index >= 15 is 0 Å². The summed E-state index contributed by atoms with van der Waals surface area (Å²) in [4.78, 5) is 14.6. The van der Waals surface area contributed by atoms with E-state index < -0.39 is 0 Å². The SMILES string of the molecule is Cc1cc2c(NCCN3CCCCC3)nc(Cc3ccccc3)nc2s1. The fourth-order valence-corrected chi connectivity index (χ4v) is 4.49. The largest absolute Gasteiger partial charge is 0.368 e. The summed E-state index contributed by atoms with van der Waals surface area (Å²) >= 11 is 1.75. The second-order valence-electron chi connectivity index (χ2n) is 7.06. The lowest BCUT2D eigenvalue weighted by atomic mass is 10.1. The predicted molar refractivity (Wildman–Crippen MR) is 110 cm³/mol. The number of aromatic nitrogens is 2. The van der Waals surface area contributed by atoms with Crippen LogP contribution in [0.2, 0.25) is 0 Å². The van der Waals surface area contributed by atoms with Crippen molar-refractivity contribution >= 4 is 27.4 Å². The fourth-order valence-electron chi connectivity index (χ4n) is 3.59. The third-order valence-electron chi connectivity index (χ3n) is 4.94. The van der Waals surface area contributed by atoms with Gasteiger partial charge in [-0.3, -0.25) is 0 Å². The lowest BCUT2D eigenvalue weighted by Crippen LogP contribution is -2.33. The van der Waals surface area contributed by atoms with Crippen LogP contribution in [0.3, 0.4) is 0 Å². The summed E-state index contributed by atoms with van der Waals surface area (Å²) in [6, 6.07) is 12.7. The highest BCUT2D eigenvalue weighted by atomic mass is 32.1. The van der Waals surface area contributed by atoms with Crippen molar-refractivity contribution in [2.45, 2.75) is 32.6 Å². The zero-order valence-electron chi connectivity index (χ0n) is 15.4. The first kappa shape index (κ1) is 17.4. The van der Waals surface area contributed by atoms with E-state index in [1.807, 2.05) is 6.07 Å². The zero-order chi connectivity index (χ0) is 17.8. The van der Waals surface area contributed by atoms with Crippen molar-refractivity contribution in [3.63, 3.8) is 0 Å². The van der Waals surface area contributed by atoms with Crippen LogP contribution < -0.4 is 5.32 Å². The van der Waals surface area contributed by atoms with Crippen molar-refractivity contribution in [2.75, 3.05) is 31.5 Å². The van der Waals surface area contributed by atoms with Crippen LogP contribution >= 0.6 is 11.3 Å². The molecule has 1 aromatic carbocycles. The molecule has 4 nitrogen and oxygen atoms in total. The molecule has 1 aliphatic rings. The molecule has 4 rings (SSSR count). The molecule has 3 aromatic rings. The Hall–Kier alpha value is -1.98. The number of aryl methyl sites for hydroxylation is 1. The van der Waals surface area contributed by atoms with Gasteiger partial charge in [-0.05, 0) is 44.5 Å². The first-order chi connectivity index (χ1) is 12.8. The average molecular weight is 367 g/mol. The Morgan fingerprint density at radius 1 is 1.08 bits per heavy atom. The molecule has 0 aliphatic carbocycles. The Bertz CT molecular complexity index is 853. The lowest BCUT2D eigenvalue weighted by Gasteiger charge is -2.26. The Labute approximate surface area is 159 Å². The van der Waals surface area contributed by atoms with Crippen molar-refractivity contribution in [1.82, 2.24) is 14.9 Å². The first-order valence-electron chi connectivity index (χ1n) is 9.55. The quantitative estimate of drug-likeness (QED) is 0.698. The highest BCUT2D eigenvalue weighted by Gasteiger charge is 2.13. The lowest BCUT2D eigenvalue weighted by molar-refractivity contribution is 0.237. The van der Waals surface area contributed by atoms with Crippen LogP contribution in [-0.4, -0.2) is 41.0 Å².